The molecule has 2 atom stereocenters. The van der Waals surface area contributed by atoms with Gasteiger partial charge in [0.15, 0.2) is 5.78 Å². The number of anilines is 1. The third-order valence-electron chi connectivity index (χ3n) is 8.35. The van der Waals surface area contributed by atoms with Crippen molar-refractivity contribution in [1.82, 2.24) is 19.1 Å². The maximum Gasteiger partial charge on any atom is 0.224 e. The number of aryl methyl sites for hydroxylation is 1. The first kappa shape index (κ1) is 25.2. The van der Waals surface area contributed by atoms with E-state index in [4.69, 9.17) is 0 Å². The van der Waals surface area contributed by atoms with Crippen LogP contribution in [0.2, 0.25) is 0 Å². The van der Waals surface area contributed by atoms with Gasteiger partial charge in [0.05, 0.1) is 6.26 Å². The highest BCUT2D eigenvalue weighted by molar-refractivity contribution is 7.88. The molecule has 37 heavy (non-hydrogen) atoms. The number of fused-ring (bicyclic) bond motifs is 1. The molecule has 1 N–H and O–H groups in total. The number of hydrogen-bond acceptors (Lipinski definition) is 8. The molecule has 9 nitrogen and oxygen atoms in total. The number of ketones is 2. The van der Waals surface area contributed by atoms with Crippen LogP contribution in [-0.2, 0) is 34.1 Å². The Morgan fingerprint density at radius 2 is 1.97 bits per heavy atom. The summed E-state index contributed by atoms with van der Waals surface area (Å²) < 4.78 is 27.4. The molecule has 2 aromatic heterocycles. The van der Waals surface area contributed by atoms with Crippen LogP contribution in [0.1, 0.15) is 83.1 Å². The molecule has 3 fully saturated rings. The highest BCUT2D eigenvalue weighted by Crippen LogP contribution is 2.42. The average Bonchev–Trinajstić information content (AvgIpc) is 3.75. The molecule has 4 aliphatic rings. The van der Waals surface area contributed by atoms with Crippen molar-refractivity contribution in [2.24, 2.45) is 11.8 Å². The molecule has 1 aliphatic heterocycles. The number of thiophene rings is 1. The van der Waals surface area contributed by atoms with Gasteiger partial charge < -0.3 is 5.32 Å². The average molecular weight is 546 g/mol. The first-order valence-corrected chi connectivity index (χ1v) is 16.2. The van der Waals surface area contributed by atoms with Gasteiger partial charge >= 0.3 is 0 Å². The van der Waals surface area contributed by atoms with E-state index in [0.29, 0.717) is 37.8 Å². The molecule has 1 saturated heterocycles. The van der Waals surface area contributed by atoms with Gasteiger partial charge in [0.25, 0.3) is 0 Å². The Kier molecular flexibility index (Phi) is 6.73. The van der Waals surface area contributed by atoms with Gasteiger partial charge in [-0.25, -0.2) is 12.7 Å². The van der Waals surface area contributed by atoms with E-state index in [-0.39, 0.29) is 29.6 Å². The number of carbonyl (C=O) groups is 2. The van der Waals surface area contributed by atoms with Crippen LogP contribution in [0.5, 0.6) is 0 Å². The van der Waals surface area contributed by atoms with Gasteiger partial charge in [0.2, 0.25) is 16.0 Å². The van der Waals surface area contributed by atoms with Gasteiger partial charge in [-0.3, -0.25) is 14.2 Å². The van der Waals surface area contributed by atoms with Crippen molar-refractivity contribution in [3.8, 4) is 0 Å². The summed E-state index contributed by atoms with van der Waals surface area (Å²) in [6.07, 6.45) is 12.6. The van der Waals surface area contributed by atoms with Crippen LogP contribution in [0.4, 0.5) is 5.95 Å². The quantitative estimate of drug-likeness (QED) is 0.431. The zero-order valence-corrected chi connectivity index (χ0v) is 23.0. The lowest BCUT2D eigenvalue weighted by Crippen LogP contribution is -2.31. The Morgan fingerprint density at radius 3 is 2.68 bits per heavy atom. The van der Waals surface area contributed by atoms with Gasteiger partial charge in [0.1, 0.15) is 12.1 Å². The molecule has 0 spiro atoms. The normalized spacial score (nSPS) is 24.2. The van der Waals surface area contributed by atoms with E-state index in [2.05, 4.69) is 20.1 Å². The summed E-state index contributed by atoms with van der Waals surface area (Å²) in [5.74, 6) is 2.03. The largest absolute Gasteiger partial charge is 0.350 e. The second kappa shape index (κ2) is 9.89. The summed E-state index contributed by atoms with van der Waals surface area (Å²) in [7, 11) is -3.21. The van der Waals surface area contributed by atoms with E-state index in [1.54, 1.807) is 17.7 Å². The fraction of sp³-hybridized carbons (Fsp3) is 0.692. The van der Waals surface area contributed by atoms with Crippen LogP contribution in [0.3, 0.4) is 0 Å². The number of nitrogens with zero attached hydrogens (tertiary/aromatic N) is 4. The number of rotatable bonds is 11. The van der Waals surface area contributed by atoms with Crippen molar-refractivity contribution >= 4 is 38.9 Å². The number of hydrogen-bond donors (Lipinski definition) is 1. The molecule has 2 saturated carbocycles. The topological polar surface area (TPSA) is 114 Å². The second-order valence-corrected chi connectivity index (χ2v) is 14.5. The summed E-state index contributed by atoms with van der Waals surface area (Å²) in [5.41, 5.74) is 1.96. The Hall–Kier alpha value is -2.11. The Morgan fingerprint density at radius 1 is 1.16 bits per heavy atom. The van der Waals surface area contributed by atoms with E-state index in [1.807, 2.05) is 0 Å². The van der Waals surface area contributed by atoms with Crippen LogP contribution in [-0.4, -0.2) is 64.4 Å². The van der Waals surface area contributed by atoms with Crippen LogP contribution in [0.15, 0.2) is 6.33 Å². The molecule has 3 heterocycles. The first-order valence-electron chi connectivity index (χ1n) is 13.6. The molecule has 0 bridgehead atoms. The molecule has 6 rings (SSSR count). The van der Waals surface area contributed by atoms with Crippen molar-refractivity contribution in [1.29, 1.82) is 0 Å². The standard InChI is InChI=1S/C26H35N5O4S2/c1-37(34,35)30-11-10-18(14-30)28-26-29-27-15-31(26)19-7-9-23-20(12-19)25(21(32)8-4-16-2-3-16)24(36-23)13-22(33)17-5-6-17/h15-19H,2-14H2,1H3,(H,28,29)/t18-,19-/m0/s1. The summed E-state index contributed by atoms with van der Waals surface area (Å²) >= 11 is 1.69. The van der Waals surface area contributed by atoms with Crippen molar-refractivity contribution in [2.45, 2.75) is 82.7 Å². The lowest BCUT2D eigenvalue weighted by atomic mass is 9.88. The highest BCUT2D eigenvalue weighted by Gasteiger charge is 2.35. The highest BCUT2D eigenvalue weighted by atomic mass is 32.2. The van der Waals surface area contributed by atoms with Crippen LogP contribution in [0, 0.1) is 11.8 Å². The molecule has 0 amide bonds. The molecule has 2 aromatic rings. The zero-order chi connectivity index (χ0) is 25.7. The van der Waals surface area contributed by atoms with Crippen molar-refractivity contribution in [2.75, 3.05) is 24.7 Å². The number of nitrogens with one attached hydrogen (secondary N) is 1. The number of sulfonamides is 1. The third kappa shape index (κ3) is 5.54. The summed E-state index contributed by atoms with van der Waals surface area (Å²) in [6, 6.07) is 0.0894. The number of aromatic nitrogens is 3. The zero-order valence-electron chi connectivity index (χ0n) is 21.3. The second-order valence-electron chi connectivity index (χ2n) is 11.3. The molecular weight excluding hydrogens is 510 g/mol. The van der Waals surface area contributed by atoms with Gasteiger partial charge in [-0.05, 0) is 56.4 Å². The van der Waals surface area contributed by atoms with E-state index in [1.165, 1.54) is 28.3 Å². The Labute approximate surface area is 222 Å². The monoisotopic (exact) mass is 545 g/mol. The van der Waals surface area contributed by atoms with E-state index in [0.717, 1.165) is 60.9 Å². The third-order valence-corrected chi connectivity index (χ3v) is 10.9. The Bertz CT molecular complexity index is 1310. The molecule has 200 valence electrons. The lowest BCUT2D eigenvalue weighted by molar-refractivity contribution is -0.119. The number of carbonyl (C=O) groups excluding carboxylic acids is 2. The fourth-order valence-electron chi connectivity index (χ4n) is 5.83. The molecule has 0 aromatic carbocycles. The van der Waals surface area contributed by atoms with E-state index in [9.17, 15) is 18.0 Å². The maximum atomic E-state index is 13.5. The molecule has 0 radical (unpaired) electrons. The first-order chi connectivity index (χ1) is 17.8. The predicted octanol–water partition coefficient (Wildman–Crippen LogP) is 3.41. The summed E-state index contributed by atoms with van der Waals surface area (Å²) in [5, 5.41) is 11.9. The predicted molar refractivity (Wildman–Crippen MR) is 142 cm³/mol. The fourth-order valence-corrected chi connectivity index (χ4v) is 8.09. The Balaban J connectivity index is 1.21. The van der Waals surface area contributed by atoms with Crippen molar-refractivity contribution < 1.29 is 18.0 Å². The smallest absolute Gasteiger partial charge is 0.224 e. The molecular formula is C26H35N5O4S2. The van der Waals surface area contributed by atoms with Crippen LogP contribution >= 0.6 is 11.3 Å². The van der Waals surface area contributed by atoms with Crippen molar-refractivity contribution in [3.63, 3.8) is 0 Å². The van der Waals surface area contributed by atoms with E-state index < -0.39 is 10.0 Å². The van der Waals surface area contributed by atoms with E-state index >= 15 is 0 Å². The van der Waals surface area contributed by atoms with Crippen LogP contribution in [0.25, 0.3) is 0 Å². The molecule has 3 aliphatic carbocycles. The minimum absolute atomic E-state index is 0.0161. The van der Waals surface area contributed by atoms with Gasteiger partial charge in [-0.1, -0.05) is 12.8 Å². The lowest BCUT2D eigenvalue weighted by Gasteiger charge is -2.26. The molecule has 0 unspecified atom stereocenters. The van der Waals surface area contributed by atoms with Gasteiger partial charge in [0, 0.05) is 59.3 Å². The minimum Gasteiger partial charge on any atom is -0.350 e. The van der Waals surface area contributed by atoms with Crippen molar-refractivity contribution in [3.05, 3.63) is 27.2 Å². The number of Topliss-reactive ketones (excluding diaryl/α,β-unsaturated/α-hetero) is 2. The maximum absolute atomic E-state index is 13.5. The SMILES string of the molecule is CS(=O)(=O)N1CC[C@H](Nc2nncn2[C@H]2CCc3sc(CC(=O)C4CC4)c(C(=O)CCC4CC4)c3C2)C1. The van der Waals surface area contributed by atoms with Crippen LogP contribution < -0.4 is 5.32 Å². The minimum atomic E-state index is -3.21. The van der Waals surface area contributed by atoms with Gasteiger partial charge in [-0.2, -0.15) is 0 Å². The summed E-state index contributed by atoms with van der Waals surface area (Å²) in [6.45, 7) is 0.921. The molecule has 11 heteroatoms. The summed E-state index contributed by atoms with van der Waals surface area (Å²) in [4.78, 5) is 28.4. The van der Waals surface area contributed by atoms with Gasteiger partial charge in [-0.15, -0.1) is 21.5 Å².